The predicted molar refractivity (Wildman–Crippen MR) is 85.1 cm³/mol. The zero-order valence-corrected chi connectivity index (χ0v) is 11.4. The summed E-state index contributed by atoms with van der Waals surface area (Å²) in [5, 5.41) is 2.59. The third-order valence-corrected chi connectivity index (χ3v) is 3.88. The van der Waals surface area contributed by atoms with Crippen molar-refractivity contribution in [3.63, 3.8) is 0 Å². The maximum atomic E-state index is 2.27. The summed E-state index contributed by atoms with van der Waals surface area (Å²) in [6, 6.07) is 21.7. The van der Waals surface area contributed by atoms with Gasteiger partial charge in [-0.05, 0) is 30.0 Å². The van der Waals surface area contributed by atoms with Crippen LogP contribution in [-0.4, -0.2) is 4.40 Å². The highest BCUT2D eigenvalue weighted by molar-refractivity contribution is 5.97. The van der Waals surface area contributed by atoms with E-state index < -0.39 is 0 Å². The standard InChI is InChI=1S/C19H15N/c1-14-6-8-15(9-7-14)17-12-19-18-5-3-2-4-16(18)10-11-20(19)13-17/h2-13H,1H3. The molecule has 96 valence electrons. The lowest BCUT2D eigenvalue weighted by atomic mass is 10.1. The minimum Gasteiger partial charge on any atom is -0.323 e. The van der Waals surface area contributed by atoms with Gasteiger partial charge in [0.1, 0.15) is 0 Å². The Morgan fingerprint density at radius 1 is 0.800 bits per heavy atom. The molecule has 4 aromatic rings. The van der Waals surface area contributed by atoms with Crippen molar-refractivity contribution in [1.82, 2.24) is 4.40 Å². The molecule has 0 bridgehead atoms. The van der Waals surface area contributed by atoms with Crippen LogP contribution in [0.2, 0.25) is 0 Å². The van der Waals surface area contributed by atoms with Crippen molar-refractivity contribution in [3.8, 4) is 11.1 Å². The van der Waals surface area contributed by atoms with E-state index in [-0.39, 0.29) is 0 Å². The van der Waals surface area contributed by atoms with Gasteiger partial charge >= 0.3 is 0 Å². The van der Waals surface area contributed by atoms with E-state index in [0.29, 0.717) is 0 Å². The Morgan fingerprint density at radius 3 is 2.45 bits per heavy atom. The number of pyridine rings is 1. The molecule has 0 fully saturated rings. The highest BCUT2D eigenvalue weighted by Crippen LogP contribution is 2.27. The fourth-order valence-electron chi connectivity index (χ4n) is 2.76. The first-order chi connectivity index (χ1) is 9.81. The topological polar surface area (TPSA) is 4.41 Å². The minimum atomic E-state index is 1.26. The Labute approximate surface area is 118 Å². The monoisotopic (exact) mass is 257 g/mol. The van der Waals surface area contributed by atoms with Gasteiger partial charge < -0.3 is 4.40 Å². The zero-order valence-electron chi connectivity index (χ0n) is 11.4. The molecular weight excluding hydrogens is 242 g/mol. The molecule has 4 rings (SSSR count). The first-order valence-electron chi connectivity index (χ1n) is 6.88. The molecule has 0 N–H and O–H groups in total. The van der Waals surface area contributed by atoms with Gasteiger partial charge in [-0.15, -0.1) is 0 Å². The van der Waals surface area contributed by atoms with E-state index in [1.807, 2.05) is 0 Å². The summed E-state index contributed by atoms with van der Waals surface area (Å²) in [5.41, 5.74) is 5.09. The van der Waals surface area contributed by atoms with Crippen molar-refractivity contribution in [3.05, 3.63) is 78.6 Å². The molecule has 1 heteroatoms. The first-order valence-corrected chi connectivity index (χ1v) is 6.88. The number of aryl methyl sites for hydroxylation is 1. The average Bonchev–Trinajstić information content (AvgIpc) is 2.92. The zero-order chi connectivity index (χ0) is 13.5. The summed E-state index contributed by atoms with van der Waals surface area (Å²) in [6.45, 7) is 2.12. The first kappa shape index (κ1) is 11.3. The smallest absolute Gasteiger partial charge is 0.0534 e. The molecule has 0 aliphatic heterocycles. The number of nitrogens with zero attached hydrogens (tertiary/aromatic N) is 1. The summed E-state index contributed by atoms with van der Waals surface area (Å²) in [5.74, 6) is 0. The molecule has 0 unspecified atom stereocenters. The molecule has 0 aliphatic carbocycles. The Morgan fingerprint density at radius 2 is 1.60 bits per heavy atom. The largest absolute Gasteiger partial charge is 0.323 e. The summed E-state index contributed by atoms with van der Waals surface area (Å²) in [7, 11) is 0. The molecule has 2 heterocycles. The van der Waals surface area contributed by atoms with Gasteiger partial charge in [0, 0.05) is 23.3 Å². The summed E-state index contributed by atoms with van der Waals surface area (Å²) in [6.07, 6.45) is 4.34. The second kappa shape index (κ2) is 4.24. The van der Waals surface area contributed by atoms with E-state index in [1.54, 1.807) is 0 Å². The summed E-state index contributed by atoms with van der Waals surface area (Å²) < 4.78 is 2.21. The molecule has 0 radical (unpaired) electrons. The van der Waals surface area contributed by atoms with Crippen LogP contribution in [0, 0.1) is 6.92 Å². The number of hydrogen-bond donors (Lipinski definition) is 0. The lowest BCUT2D eigenvalue weighted by Gasteiger charge is -2.00. The maximum absolute atomic E-state index is 2.27. The van der Waals surface area contributed by atoms with Crippen molar-refractivity contribution >= 4 is 16.3 Å². The Bertz CT molecular complexity index is 898. The minimum absolute atomic E-state index is 1.26. The van der Waals surface area contributed by atoms with Crippen LogP contribution in [0.25, 0.3) is 27.4 Å². The SMILES string of the molecule is Cc1ccc(-c2cc3c4ccccc4ccn3c2)cc1. The van der Waals surface area contributed by atoms with Crippen molar-refractivity contribution in [2.75, 3.05) is 0 Å². The Kier molecular flexibility index (Phi) is 2.40. The van der Waals surface area contributed by atoms with Gasteiger partial charge in [0.25, 0.3) is 0 Å². The van der Waals surface area contributed by atoms with E-state index in [2.05, 4.69) is 84.4 Å². The van der Waals surface area contributed by atoms with Crippen molar-refractivity contribution in [2.45, 2.75) is 6.92 Å². The second-order valence-electron chi connectivity index (χ2n) is 5.29. The summed E-state index contributed by atoms with van der Waals surface area (Å²) in [4.78, 5) is 0. The normalized spacial score (nSPS) is 11.2. The highest BCUT2D eigenvalue weighted by Gasteiger charge is 2.05. The molecule has 0 aliphatic rings. The number of benzene rings is 2. The fraction of sp³-hybridized carbons (Fsp3) is 0.0526. The van der Waals surface area contributed by atoms with Crippen LogP contribution in [0.3, 0.4) is 0 Å². The van der Waals surface area contributed by atoms with Crippen LogP contribution in [0.5, 0.6) is 0 Å². The number of aromatic nitrogens is 1. The molecule has 2 aromatic carbocycles. The molecular formula is C19H15N. The molecule has 0 amide bonds. The quantitative estimate of drug-likeness (QED) is 0.448. The van der Waals surface area contributed by atoms with Crippen molar-refractivity contribution in [1.29, 1.82) is 0 Å². The number of fused-ring (bicyclic) bond motifs is 3. The van der Waals surface area contributed by atoms with Crippen molar-refractivity contribution in [2.24, 2.45) is 0 Å². The molecule has 2 aromatic heterocycles. The third kappa shape index (κ3) is 1.71. The van der Waals surface area contributed by atoms with E-state index >= 15 is 0 Å². The van der Waals surface area contributed by atoms with Gasteiger partial charge in [-0.1, -0.05) is 54.1 Å². The third-order valence-electron chi connectivity index (χ3n) is 3.88. The van der Waals surface area contributed by atoms with Gasteiger partial charge in [-0.25, -0.2) is 0 Å². The predicted octanol–water partition coefficient (Wildman–Crippen LogP) is 5.07. The van der Waals surface area contributed by atoms with Gasteiger partial charge in [0.15, 0.2) is 0 Å². The molecule has 0 spiro atoms. The van der Waals surface area contributed by atoms with E-state index in [9.17, 15) is 0 Å². The Hall–Kier alpha value is -2.54. The van der Waals surface area contributed by atoms with Crippen molar-refractivity contribution < 1.29 is 0 Å². The van der Waals surface area contributed by atoms with Crippen LogP contribution in [-0.2, 0) is 0 Å². The molecule has 0 atom stereocenters. The van der Waals surface area contributed by atoms with Gasteiger partial charge in [0.05, 0.1) is 5.52 Å². The molecule has 0 saturated carbocycles. The van der Waals surface area contributed by atoms with Crippen LogP contribution in [0.15, 0.2) is 73.1 Å². The maximum Gasteiger partial charge on any atom is 0.0534 e. The molecule has 1 nitrogen and oxygen atoms in total. The lowest BCUT2D eigenvalue weighted by Crippen LogP contribution is -1.81. The van der Waals surface area contributed by atoms with Crippen LogP contribution in [0.4, 0.5) is 0 Å². The van der Waals surface area contributed by atoms with Gasteiger partial charge in [-0.3, -0.25) is 0 Å². The van der Waals surface area contributed by atoms with Gasteiger partial charge in [-0.2, -0.15) is 0 Å². The van der Waals surface area contributed by atoms with E-state index in [0.717, 1.165) is 0 Å². The fourth-order valence-corrected chi connectivity index (χ4v) is 2.76. The molecule has 20 heavy (non-hydrogen) atoms. The highest BCUT2D eigenvalue weighted by atomic mass is 14.9. The van der Waals surface area contributed by atoms with Crippen LogP contribution >= 0.6 is 0 Å². The number of rotatable bonds is 1. The van der Waals surface area contributed by atoms with Crippen LogP contribution in [0.1, 0.15) is 5.56 Å². The van der Waals surface area contributed by atoms with Crippen LogP contribution < -0.4 is 0 Å². The lowest BCUT2D eigenvalue weighted by molar-refractivity contribution is 1.21. The van der Waals surface area contributed by atoms with Gasteiger partial charge in [0.2, 0.25) is 0 Å². The Balaban J connectivity index is 1.98. The number of hydrogen-bond acceptors (Lipinski definition) is 0. The van der Waals surface area contributed by atoms with E-state index in [1.165, 1.54) is 33.0 Å². The summed E-state index contributed by atoms with van der Waals surface area (Å²) >= 11 is 0. The van der Waals surface area contributed by atoms with E-state index in [4.69, 9.17) is 0 Å². The average molecular weight is 257 g/mol. The molecule has 0 saturated heterocycles. The second-order valence-corrected chi connectivity index (χ2v) is 5.29.